The first-order valence-corrected chi connectivity index (χ1v) is 9.07. The Labute approximate surface area is 129 Å². The number of thiazole rings is 1. The minimum Gasteiger partial charge on any atom is -0.262 e. The number of rotatable bonds is 6. The van der Waals surface area contributed by atoms with Crippen molar-refractivity contribution in [3.8, 4) is 0 Å². The summed E-state index contributed by atoms with van der Waals surface area (Å²) in [7, 11) is 0. The van der Waals surface area contributed by atoms with Crippen LogP contribution in [-0.4, -0.2) is 20.2 Å². The molecule has 4 nitrogen and oxygen atoms in total. The molecule has 20 heavy (non-hydrogen) atoms. The molecule has 0 aromatic carbocycles. The van der Waals surface area contributed by atoms with E-state index in [4.69, 9.17) is 0 Å². The fraction of sp³-hybridized carbons (Fsp3) is 0.308. The summed E-state index contributed by atoms with van der Waals surface area (Å²) >= 11 is 5.09. The summed E-state index contributed by atoms with van der Waals surface area (Å²) in [6.07, 6.45) is 1.82. The molecule has 1 N–H and O–H groups in total. The van der Waals surface area contributed by atoms with Gasteiger partial charge in [-0.1, -0.05) is 24.8 Å². The average Bonchev–Trinajstić information content (AvgIpc) is 3.18. The van der Waals surface area contributed by atoms with Gasteiger partial charge in [0.25, 0.3) is 0 Å². The highest BCUT2D eigenvalue weighted by atomic mass is 32.2. The highest BCUT2D eigenvalue weighted by Gasteiger charge is 2.07. The van der Waals surface area contributed by atoms with Crippen molar-refractivity contribution in [2.75, 3.05) is 0 Å². The SMILES string of the molecule is CCc1nc(CSc2n[nH]c(Cc3cccs3)n2)cs1. The molecule has 0 unspecified atom stereocenters. The lowest BCUT2D eigenvalue weighted by Crippen LogP contribution is -1.87. The number of aromatic amines is 1. The number of hydrogen-bond donors (Lipinski definition) is 1. The number of aromatic nitrogens is 4. The lowest BCUT2D eigenvalue weighted by Gasteiger charge is -1.92. The Hall–Kier alpha value is -1.18. The molecule has 3 heterocycles. The zero-order valence-corrected chi connectivity index (χ0v) is 13.4. The molecule has 0 saturated carbocycles. The number of thioether (sulfide) groups is 1. The van der Waals surface area contributed by atoms with Gasteiger partial charge in [0.05, 0.1) is 10.7 Å². The Morgan fingerprint density at radius 1 is 1.30 bits per heavy atom. The summed E-state index contributed by atoms with van der Waals surface area (Å²) in [5.74, 6) is 1.75. The summed E-state index contributed by atoms with van der Waals surface area (Å²) in [5, 5.41) is 13.4. The molecule has 3 aromatic heterocycles. The van der Waals surface area contributed by atoms with Crippen molar-refractivity contribution < 1.29 is 0 Å². The molecule has 0 atom stereocenters. The molecule has 0 aliphatic rings. The molecular formula is C13H14N4S3. The van der Waals surface area contributed by atoms with Crippen LogP contribution in [0.2, 0.25) is 0 Å². The van der Waals surface area contributed by atoms with Gasteiger partial charge in [-0.05, 0) is 17.9 Å². The van der Waals surface area contributed by atoms with Crippen LogP contribution in [0.25, 0.3) is 0 Å². The third-order valence-corrected chi connectivity index (χ3v) is 5.48. The Morgan fingerprint density at radius 3 is 3.00 bits per heavy atom. The first-order valence-electron chi connectivity index (χ1n) is 6.33. The summed E-state index contributed by atoms with van der Waals surface area (Å²) in [6, 6.07) is 4.17. The molecule has 0 saturated heterocycles. The first-order chi connectivity index (χ1) is 9.83. The van der Waals surface area contributed by atoms with Crippen molar-refractivity contribution in [3.63, 3.8) is 0 Å². The number of thiophene rings is 1. The fourth-order valence-electron chi connectivity index (χ4n) is 1.72. The molecule has 0 bridgehead atoms. The number of hydrogen-bond acceptors (Lipinski definition) is 6. The zero-order chi connectivity index (χ0) is 13.8. The van der Waals surface area contributed by atoms with Crippen LogP contribution in [0.4, 0.5) is 0 Å². The van der Waals surface area contributed by atoms with Gasteiger partial charge in [-0.25, -0.2) is 9.97 Å². The van der Waals surface area contributed by atoms with Crippen LogP contribution in [-0.2, 0) is 18.6 Å². The Kier molecular flexibility index (Phi) is 4.49. The number of aryl methyl sites for hydroxylation is 1. The number of H-pyrrole nitrogens is 1. The first kappa shape index (κ1) is 13.8. The monoisotopic (exact) mass is 322 g/mol. The van der Waals surface area contributed by atoms with Crippen LogP contribution in [0.15, 0.2) is 28.0 Å². The van der Waals surface area contributed by atoms with Crippen molar-refractivity contribution >= 4 is 34.4 Å². The van der Waals surface area contributed by atoms with E-state index in [-0.39, 0.29) is 0 Å². The van der Waals surface area contributed by atoms with Gasteiger partial charge in [0.15, 0.2) is 0 Å². The Balaban J connectivity index is 1.57. The van der Waals surface area contributed by atoms with Crippen molar-refractivity contribution in [1.29, 1.82) is 0 Å². The third kappa shape index (κ3) is 3.47. The van der Waals surface area contributed by atoms with Gasteiger partial charge in [0.2, 0.25) is 5.16 Å². The molecule has 0 spiro atoms. The molecule has 3 rings (SSSR count). The van der Waals surface area contributed by atoms with Gasteiger partial charge < -0.3 is 0 Å². The summed E-state index contributed by atoms with van der Waals surface area (Å²) < 4.78 is 0. The fourth-order valence-corrected chi connectivity index (χ4v) is 3.98. The van der Waals surface area contributed by atoms with Gasteiger partial charge in [-0.3, -0.25) is 5.10 Å². The van der Waals surface area contributed by atoms with Gasteiger partial charge in [-0.15, -0.1) is 27.8 Å². The minimum absolute atomic E-state index is 0.794. The molecule has 0 amide bonds. The molecule has 0 fully saturated rings. The number of nitrogens with one attached hydrogen (secondary N) is 1. The zero-order valence-electron chi connectivity index (χ0n) is 11.0. The van der Waals surface area contributed by atoms with Crippen molar-refractivity contribution in [3.05, 3.63) is 44.3 Å². The van der Waals surface area contributed by atoms with Gasteiger partial charge in [-0.2, -0.15) is 0 Å². The highest BCUT2D eigenvalue weighted by molar-refractivity contribution is 7.98. The maximum atomic E-state index is 4.54. The largest absolute Gasteiger partial charge is 0.262 e. The van der Waals surface area contributed by atoms with Crippen LogP contribution in [0.1, 0.15) is 28.3 Å². The van der Waals surface area contributed by atoms with E-state index in [1.54, 1.807) is 34.4 Å². The lowest BCUT2D eigenvalue weighted by atomic mass is 10.3. The molecule has 0 radical (unpaired) electrons. The van der Waals surface area contributed by atoms with Gasteiger partial charge >= 0.3 is 0 Å². The molecule has 7 heteroatoms. The van der Waals surface area contributed by atoms with Crippen LogP contribution in [0.5, 0.6) is 0 Å². The number of nitrogens with zero attached hydrogens (tertiary/aromatic N) is 3. The second-order valence-electron chi connectivity index (χ2n) is 4.20. The highest BCUT2D eigenvalue weighted by Crippen LogP contribution is 2.21. The van der Waals surface area contributed by atoms with Crippen LogP contribution >= 0.6 is 34.4 Å². The van der Waals surface area contributed by atoms with E-state index in [0.717, 1.165) is 35.3 Å². The van der Waals surface area contributed by atoms with E-state index < -0.39 is 0 Å². The van der Waals surface area contributed by atoms with Gasteiger partial charge in [0.1, 0.15) is 5.82 Å². The van der Waals surface area contributed by atoms with E-state index in [1.807, 2.05) is 0 Å². The smallest absolute Gasteiger partial charge is 0.208 e. The second-order valence-corrected chi connectivity index (χ2v) is 7.11. The minimum atomic E-state index is 0.794. The maximum absolute atomic E-state index is 4.54. The van der Waals surface area contributed by atoms with Crippen LogP contribution < -0.4 is 0 Å². The predicted molar refractivity (Wildman–Crippen MR) is 84.6 cm³/mol. The molecule has 0 aliphatic heterocycles. The molecule has 104 valence electrons. The normalized spacial score (nSPS) is 11.1. The summed E-state index contributed by atoms with van der Waals surface area (Å²) in [5.41, 5.74) is 1.11. The van der Waals surface area contributed by atoms with Crippen molar-refractivity contribution in [1.82, 2.24) is 20.2 Å². The lowest BCUT2D eigenvalue weighted by molar-refractivity contribution is 0.959. The van der Waals surface area contributed by atoms with E-state index in [2.05, 4.69) is 50.0 Å². The van der Waals surface area contributed by atoms with Crippen molar-refractivity contribution in [2.45, 2.75) is 30.7 Å². The predicted octanol–water partition coefficient (Wildman–Crippen LogP) is 3.77. The quantitative estimate of drug-likeness (QED) is 0.702. The summed E-state index contributed by atoms with van der Waals surface area (Å²) in [4.78, 5) is 10.3. The second kappa shape index (κ2) is 6.51. The van der Waals surface area contributed by atoms with E-state index >= 15 is 0 Å². The average molecular weight is 322 g/mol. The van der Waals surface area contributed by atoms with Crippen LogP contribution in [0.3, 0.4) is 0 Å². The molecular weight excluding hydrogens is 308 g/mol. The Bertz CT molecular complexity index is 657. The topological polar surface area (TPSA) is 54.5 Å². The Morgan fingerprint density at radius 2 is 2.25 bits per heavy atom. The van der Waals surface area contributed by atoms with Crippen molar-refractivity contribution in [2.24, 2.45) is 0 Å². The molecule has 0 aliphatic carbocycles. The van der Waals surface area contributed by atoms with E-state index in [1.165, 1.54) is 9.88 Å². The van der Waals surface area contributed by atoms with Gasteiger partial charge in [0, 0.05) is 22.4 Å². The standard InChI is InChI=1S/C13H14N4S3/c1-2-12-14-9(7-19-12)8-20-13-15-11(16-17-13)6-10-4-3-5-18-10/h3-5,7H,2,6,8H2,1H3,(H,15,16,17). The van der Waals surface area contributed by atoms with E-state index in [9.17, 15) is 0 Å². The maximum Gasteiger partial charge on any atom is 0.208 e. The third-order valence-electron chi connectivity index (χ3n) is 2.68. The van der Waals surface area contributed by atoms with E-state index in [0.29, 0.717) is 0 Å². The molecule has 3 aromatic rings. The summed E-state index contributed by atoms with van der Waals surface area (Å²) in [6.45, 7) is 2.13. The van der Waals surface area contributed by atoms with Crippen LogP contribution in [0, 0.1) is 0 Å².